The quantitative estimate of drug-likeness (QED) is 0.818. The first-order chi connectivity index (χ1) is 7.74. The lowest BCUT2D eigenvalue weighted by molar-refractivity contribution is 0.642. The third-order valence-electron chi connectivity index (χ3n) is 3.34. The molecule has 0 aromatic heterocycles. The number of aliphatic imine (C=N–C) groups is 1. The summed E-state index contributed by atoms with van der Waals surface area (Å²) in [6.45, 7) is 0. The van der Waals surface area contributed by atoms with Crippen molar-refractivity contribution in [3.05, 3.63) is 27.1 Å². The van der Waals surface area contributed by atoms with E-state index in [9.17, 15) is 0 Å². The van der Waals surface area contributed by atoms with E-state index < -0.39 is 0 Å². The summed E-state index contributed by atoms with van der Waals surface area (Å²) in [6, 6.07) is 6.73. The minimum Gasteiger partial charge on any atom is -0.371 e. The second-order valence-corrected chi connectivity index (χ2v) is 6.13. The van der Waals surface area contributed by atoms with Crippen LogP contribution in [0.25, 0.3) is 0 Å². The summed E-state index contributed by atoms with van der Waals surface area (Å²) in [5.74, 6) is 1.83. The number of fused-ring (bicyclic) bond motifs is 2. The zero-order chi connectivity index (χ0) is 11.1. The molecule has 1 aliphatic heterocycles. The van der Waals surface area contributed by atoms with Gasteiger partial charge in [-0.2, -0.15) is 0 Å². The van der Waals surface area contributed by atoms with Gasteiger partial charge in [0.2, 0.25) is 0 Å². The fourth-order valence-corrected chi connectivity index (χ4v) is 3.70. The van der Waals surface area contributed by atoms with Gasteiger partial charge in [-0.15, -0.1) is 0 Å². The van der Waals surface area contributed by atoms with Crippen molar-refractivity contribution in [2.45, 2.75) is 25.3 Å². The molecule has 1 heterocycles. The van der Waals surface area contributed by atoms with E-state index in [1.54, 1.807) is 0 Å². The summed E-state index contributed by atoms with van der Waals surface area (Å²) in [5, 5.41) is 3.50. The molecule has 84 valence electrons. The Morgan fingerprint density at radius 1 is 1.19 bits per heavy atom. The maximum absolute atomic E-state index is 4.75. The number of halogens is 2. The highest BCUT2D eigenvalue weighted by Crippen LogP contribution is 2.37. The van der Waals surface area contributed by atoms with E-state index in [0.717, 1.165) is 14.6 Å². The largest absolute Gasteiger partial charge is 0.371 e. The van der Waals surface area contributed by atoms with Crippen LogP contribution in [0.1, 0.15) is 19.3 Å². The van der Waals surface area contributed by atoms with E-state index in [1.807, 2.05) is 18.2 Å². The summed E-state index contributed by atoms with van der Waals surface area (Å²) >= 11 is 7.09. The molecule has 0 amide bonds. The first-order valence-corrected chi connectivity index (χ1v) is 7.12. The highest BCUT2D eigenvalue weighted by molar-refractivity contribution is 9.11. The van der Waals surface area contributed by atoms with Gasteiger partial charge in [0.05, 0.1) is 5.69 Å². The molecule has 1 N–H and O–H groups in total. The molecule has 4 heteroatoms. The van der Waals surface area contributed by atoms with Crippen molar-refractivity contribution < 1.29 is 0 Å². The standard InChI is InChI=1S/C12H12Br2N2/c13-9-2-1-3-10(14)11(9)16-12-7-4-5-8(6-7)15-12/h1-3,7-8H,4-6H2,(H,15,16). The van der Waals surface area contributed by atoms with Crippen molar-refractivity contribution in [1.29, 1.82) is 0 Å². The van der Waals surface area contributed by atoms with E-state index in [1.165, 1.54) is 25.1 Å². The molecule has 2 atom stereocenters. The van der Waals surface area contributed by atoms with Crippen molar-refractivity contribution in [2.24, 2.45) is 10.9 Å². The number of amidine groups is 1. The molecule has 2 unspecified atom stereocenters. The molecule has 2 bridgehead atoms. The number of rotatable bonds is 1. The molecular formula is C12H12Br2N2. The highest BCUT2D eigenvalue weighted by Gasteiger charge is 2.36. The van der Waals surface area contributed by atoms with Crippen molar-refractivity contribution in [3.63, 3.8) is 0 Å². The van der Waals surface area contributed by atoms with Gasteiger partial charge in [0.15, 0.2) is 0 Å². The summed E-state index contributed by atoms with van der Waals surface area (Å²) in [6.07, 6.45) is 3.86. The number of benzene rings is 1. The summed E-state index contributed by atoms with van der Waals surface area (Å²) in [5.41, 5.74) is 0.998. The van der Waals surface area contributed by atoms with E-state index in [4.69, 9.17) is 4.99 Å². The Hall–Kier alpha value is -0.350. The molecule has 2 fully saturated rings. The van der Waals surface area contributed by atoms with Gasteiger partial charge in [-0.25, -0.2) is 4.99 Å². The monoisotopic (exact) mass is 342 g/mol. The Labute approximate surface area is 112 Å². The van der Waals surface area contributed by atoms with Gasteiger partial charge in [-0.05, 0) is 63.3 Å². The van der Waals surface area contributed by atoms with Gasteiger partial charge < -0.3 is 5.32 Å². The van der Waals surface area contributed by atoms with Gasteiger partial charge in [0.1, 0.15) is 5.84 Å². The summed E-state index contributed by atoms with van der Waals surface area (Å²) in [4.78, 5) is 4.75. The van der Waals surface area contributed by atoms with E-state index >= 15 is 0 Å². The van der Waals surface area contributed by atoms with E-state index in [2.05, 4.69) is 37.2 Å². The second kappa shape index (κ2) is 4.15. The predicted molar refractivity (Wildman–Crippen MR) is 73.2 cm³/mol. The number of nitrogens with zero attached hydrogens (tertiary/aromatic N) is 1. The smallest absolute Gasteiger partial charge is 0.106 e. The summed E-state index contributed by atoms with van der Waals surface area (Å²) in [7, 11) is 0. The minimum atomic E-state index is 0.656. The Morgan fingerprint density at radius 3 is 2.50 bits per heavy atom. The van der Waals surface area contributed by atoms with Gasteiger partial charge >= 0.3 is 0 Å². The molecule has 2 nitrogen and oxygen atoms in total. The lowest BCUT2D eigenvalue weighted by Gasteiger charge is -2.15. The molecule has 16 heavy (non-hydrogen) atoms. The molecular weight excluding hydrogens is 332 g/mol. The van der Waals surface area contributed by atoms with Crippen LogP contribution in [0.3, 0.4) is 0 Å². The normalized spacial score (nSPS) is 29.8. The first kappa shape index (κ1) is 10.8. The second-order valence-electron chi connectivity index (χ2n) is 4.42. The van der Waals surface area contributed by atoms with Crippen LogP contribution >= 0.6 is 31.9 Å². The number of hydrogen-bond donors (Lipinski definition) is 1. The maximum Gasteiger partial charge on any atom is 0.106 e. The van der Waals surface area contributed by atoms with Crippen LogP contribution in [0, 0.1) is 5.92 Å². The molecule has 0 radical (unpaired) electrons. The zero-order valence-electron chi connectivity index (χ0n) is 8.71. The van der Waals surface area contributed by atoms with Crippen LogP contribution in [-0.4, -0.2) is 11.9 Å². The fraction of sp³-hybridized carbons (Fsp3) is 0.417. The SMILES string of the molecule is Brc1cccc(Br)c1N=C1NC2CCC1C2. The third-order valence-corrected chi connectivity index (χ3v) is 4.62. The highest BCUT2D eigenvalue weighted by atomic mass is 79.9. The summed E-state index contributed by atoms with van der Waals surface area (Å²) < 4.78 is 2.08. The molecule has 2 aliphatic rings. The first-order valence-electron chi connectivity index (χ1n) is 5.53. The predicted octanol–water partition coefficient (Wildman–Crippen LogP) is 4.01. The maximum atomic E-state index is 4.75. The van der Waals surface area contributed by atoms with Crippen molar-refractivity contribution in [2.75, 3.05) is 0 Å². The molecule has 0 spiro atoms. The van der Waals surface area contributed by atoms with Gasteiger partial charge in [-0.1, -0.05) is 6.07 Å². The van der Waals surface area contributed by atoms with Crippen molar-refractivity contribution >= 4 is 43.4 Å². The third kappa shape index (κ3) is 1.82. The van der Waals surface area contributed by atoms with Crippen LogP contribution in [0.15, 0.2) is 32.1 Å². The lowest BCUT2D eigenvalue weighted by Crippen LogP contribution is -2.30. The zero-order valence-corrected chi connectivity index (χ0v) is 11.9. The van der Waals surface area contributed by atoms with Gasteiger partial charge in [0, 0.05) is 20.9 Å². The fourth-order valence-electron chi connectivity index (χ4n) is 2.53. The lowest BCUT2D eigenvalue weighted by atomic mass is 10.1. The van der Waals surface area contributed by atoms with Crippen LogP contribution < -0.4 is 5.32 Å². The van der Waals surface area contributed by atoms with Crippen LogP contribution in [0.4, 0.5) is 5.69 Å². The molecule has 1 aromatic carbocycles. The van der Waals surface area contributed by atoms with E-state index in [0.29, 0.717) is 12.0 Å². The topological polar surface area (TPSA) is 24.4 Å². The van der Waals surface area contributed by atoms with Gasteiger partial charge in [0.25, 0.3) is 0 Å². The Kier molecular flexibility index (Phi) is 2.80. The van der Waals surface area contributed by atoms with Crippen molar-refractivity contribution in [3.8, 4) is 0 Å². The Morgan fingerprint density at radius 2 is 1.94 bits per heavy atom. The average Bonchev–Trinajstić information content (AvgIpc) is 2.85. The minimum absolute atomic E-state index is 0.656. The number of hydrogen-bond acceptors (Lipinski definition) is 1. The molecule has 1 aromatic rings. The molecule has 1 saturated carbocycles. The Bertz CT molecular complexity index is 436. The molecule has 1 saturated heterocycles. The molecule has 1 aliphatic carbocycles. The van der Waals surface area contributed by atoms with Crippen LogP contribution in [-0.2, 0) is 0 Å². The number of piperidine rings is 1. The van der Waals surface area contributed by atoms with Crippen LogP contribution in [0.2, 0.25) is 0 Å². The average molecular weight is 344 g/mol. The molecule has 3 rings (SSSR count). The van der Waals surface area contributed by atoms with Crippen LogP contribution in [0.5, 0.6) is 0 Å². The van der Waals surface area contributed by atoms with Crippen molar-refractivity contribution in [1.82, 2.24) is 5.32 Å². The van der Waals surface area contributed by atoms with Gasteiger partial charge in [-0.3, -0.25) is 0 Å². The number of nitrogens with one attached hydrogen (secondary N) is 1. The van der Waals surface area contributed by atoms with E-state index in [-0.39, 0.29) is 0 Å². The Balaban J connectivity index is 1.97. The number of para-hydroxylation sites is 1.